The van der Waals surface area contributed by atoms with Gasteiger partial charge in [0.1, 0.15) is 5.75 Å². The fourth-order valence-corrected chi connectivity index (χ4v) is 2.43. The molecule has 0 unspecified atom stereocenters. The zero-order chi connectivity index (χ0) is 13.5. The Morgan fingerprint density at radius 2 is 1.84 bits per heavy atom. The molecule has 0 N–H and O–H groups in total. The Bertz CT molecular complexity index is 376. The van der Waals surface area contributed by atoms with Crippen LogP contribution < -0.4 is 9.64 Å². The standard InChI is InChI=1S/C15H24N2O2/c1-3-19-15-7-5-4-6-14(15)17-10-8-16(9-11-17)12-13-18-2/h4-7H,3,8-13H2,1-2H3. The van der Waals surface area contributed by atoms with Crippen LogP contribution in [-0.4, -0.2) is 57.9 Å². The van der Waals surface area contributed by atoms with Crippen molar-refractivity contribution in [3.8, 4) is 5.75 Å². The Kier molecular flexibility index (Phi) is 5.48. The maximum atomic E-state index is 5.71. The third kappa shape index (κ3) is 3.85. The minimum absolute atomic E-state index is 0.713. The fraction of sp³-hybridized carbons (Fsp3) is 0.600. The normalized spacial score (nSPS) is 16.6. The maximum Gasteiger partial charge on any atom is 0.142 e. The van der Waals surface area contributed by atoms with Gasteiger partial charge < -0.3 is 14.4 Å². The minimum atomic E-state index is 0.713. The Morgan fingerprint density at radius 1 is 1.11 bits per heavy atom. The molecular formula is C15H24N2O2. The molecule has 1 aromatic carbocycles. The molecule has 2 rings (SSSR count). The Balaban J connectivity index is 1.93. The first-order valence-electron chi connectivity index (χ1n) is 7.03. The second kappa shape index (κ2) is 7.36. The van der Waals surface area contributed by atoms with Crippen LogP contribution in [0.15, 0.2) is 24.3 Å². The van der Waals surface area contributed by atoms with Crippen molar-refractivity contribution in [1.29, 1.82) is 0 Å². The highest BCUT2D eigenvalue weighted by atomic mass is 16.5. The highest BCUT2D eigenvalue weighted by molar-refractivity contribution is 5.58. The Labute approximate surface area is 115 Å². The van der Waals surface area contributed by atoms with E-state index >= 15 is 0 Å². The SMILES string of the molecule is CCOc1ccccc1N1CCN(CCOC)CC1. The molecule has 0 amide bonds. The number of nitrogens with zero attached hydrogens (tertiary/aromatic N) is 2. The van der Waals surface area contributed by atoms with E-state index in [4.69, 9.17) is 9.47 Å². The predicted octanol–water partition coefficient (Wildman–Crippen LogP) is 1.85. The molecule has 0 spiro atoms. The molecule has 1 heterocycles. The topological polar surface area (TPSA) is 24.9 Å². The molecule has 0 aliphatic carbocycles. The van der Waals surface area contributed by atoms with E-state index in [1.807, 2.05) is 13.0 Å². The van der Waals surface area contributed by atoms with Gasteiger partial charge in [-0.25, -0.2) is 0 Å². The fourth-order valence-electron chi connectivity index (χ4n) is 2.43. The molecule has 0 saturated carbocycles. The van der Waals surface area contributed by atoms with Gasteiger partial charge in [0.05, 0.1) is 18.9 Å². The first kappa shape index (κ1) is 14.2. The molecule has 1 aromatic rings. The Hall–Kier alpha value is -1.26. The van der Waals surface area contributed by atoms with E-state index in [2.05, 4.69) is 28.0 Å². The summed E-state index contributed by atoms with van der Waals surface area (Å²) in [6.45, 7) is 8.85. The van der Waals surface area contributed by atoms with Crippen molar-refractivity contribution in [3.63, 3.8) is 0 Å². The molecule has 0 aromatic heterocycles. The van der Waals surface area contributed by atoms with Gasteiger partial charge >= 0.3 is 0 Å². The Morgan fingerprint density at radius 3 is 2.53 bits per heavy atom. The monoisotopic (exact) mass is 264 g/mol. The number of piperazine rings is 1. The van der Waals surface area contributed by atoms with Gasteiger partial charge in [-0.3, -0.25) is 4.90 Å². The van der Waals surface area contributed by atoms with Crippen LogP contribution in [0.3, 0.4) is 0 Å². The van der Waals surface area contributed by atoms with Gasteiger partial charge in [-0.1, -0.05) is 12.1 Å². The summed E-state index contributed by atoms with van der Waals surface area (Å²) in [5.74, 6) is 0.996. The van der Waals surface area contributed by atoms with E-state index in [1.165, 1.54) is 5.69 Å². The van der Waals surface area contributed by atoms with Gasteiger partial charge in [0.2, 0.25) is 0 Å². The molecule has 1 aliphatic heterocycles. The summed E-state index contributed by atoms with van der Waals surface area (Å²) in [6, 6.07) is 8.31. The molecule has 0 atom stereocenters. The largest absolute Gasteiger partial charge is 0.492 e. The number of hydrogen-bond donors (Lipinski definition) is 0. The highest BCUT2D eigenvalue weighted by Gasteiger charge is 2.19. The molecule has 19 heavy (non-hydrogen) atoms. The van der Waals surface area contributed by atoms with Crippen LogP contribution in [0, 0.1) is 0 Å². The highest BCUT2D eigenvalue weighted by Crippen LogP contribution is 2.28. The van der Waals surface area contributed by atoms with E-state index in [0.717, 1.165) is 45.1 Å². The third-order valence-electron chi connectivity index (χ3n) is 3.49. The van der Waals surface area contributed by atoms with Crippen LogP contribution in [0.4, 0.5) is 5.69 Å². The molecule has 1 aliphatic rings. The zero-order valence-electron chi connectivity index (χ0n) is 12.0. The average Bonchev–Trinajstić information content (AvgIpc) is 2.47. The summed E-state index contributed by atoms with van der Waals surface area (Å²) in [4.78, 5) is 4.86. The zero-order valence-corrected chi connectivity index (χ0v) is 12.0. The van der Waals surface area contributed by atoms with Crippen LogP contribution in [0.2, 0.25) is 0 Å². The molecule has 0 bridgehead atoms. The first-order chi connectivity index (χ1) is 9.35. The van der Waals surface area contributed by atoms with Gasteiger partial charge in [0, 0.05) is 39.8 Å². The lowest BCUT2D eigenvalue weighted by atomic mass is 10.2. The quantitative estimate of drug-likeness (QED) is 0.783. The van der Waals surface area contributed by atoms with Crippen LogP contribution in [0.5, 0.6) is 5.75 Å². The first-order valence-corrected chi connectivity index (χ1v) is 7.03. The van der Waals surface area contributed by atoms with Gasteiger partial charge in [-0.05, 0) is 19.1 Å². The van der Waals surface area contributed by atoms with E-state index < -0.39 is 0 Å². The third-order valence-corrected chi connectivity index (χ3v) is 3.49. The summed E-state index contributed by atoms with van der Waals surface area (Å²) in [6.07, 6.45) is 0. The van der Waals surface area contributed by atoms with Crippen LogP contribution in [0.25, 0.3) is 0 Å². The summed E-state index contributed by atoms with van der Waals surface area (Å²) < 4.78 is 10.8. The lowest BCUT2D eigenvalue weighted by molar-refractivity contribution is 0.144. The van der Waals surface area contributed by atoms with Crippen molar-refractivity contribution in [1.82, 2.24) is 4.90 Å². The number of ether oxygens (including phenoxy) is 2. The van der Waals surface area contributed by atoms with Gasteiger partial charge in [-0.2, -0.15) is 0 Å². The summed E-state index contributed by atoms with van der Waals surface area (Å²) >= 11 is 0. The van der Waals surface area contributed by atoms with Crippen molar-refractivity contribution in [2.24, 2.45) is 0 Å². The summed E-state index contributed by atoms with van der Waals surface area (Å²) in [7, 11) is 1.76. The lowest BCUT2D eigenvalue weighted by Crippen LogP contribution is -2.47. The summed E-state index contributed by atoms with van der Waals surface area (Å²) in [5, 5.41) is 0. The van der Waals surface area contributed by atoms with E-state index in [1.54, 1.807) is 7.11 Å². The molecule has 1 saturated heterocycles. The van der Waals surface area contributed by atoms with E-state index in [9.17, 15) is 0 Å². The summed E-state index contributed by atoms with van der Waals surface area (Å²) in [5.41, 5.74) is 1.22. The average molecular weight is 264 g/mol. The lowest BCUT2D eigenvalue weighted by Gasteiger charge is -2.36. The molecule has 4 nitrogen and oxygen atoms in total. The smallest absolute Gasteiger partial charge is 0.142 e. The van der Waals surface area contributed by atoms with Crippen LogP contribution in [0.1, 0.15) is 6.92 Å². The molecule has 4 heteroatoms. The number of rotatable bonds is 6. The molecule has 1 fully saturated rings. The van der Waals surface area contributed by atoms with Crippen molar-refractivity contribution in [2.75, 3.05) is 57.9 Å². The minimum Gasteiger partial charge on any atom is -0.492 e. The molecule has 106 valence electrons. The van der Waals surface area contributed by atoms with E-state index in [-0.39, 0.29) is 0 Å². The van der Waals surface area contributed by atoms with Crippen molar-refractivity contribution in [3.05, 3.63) is 24.3 Å². The van der Waals surface area contributed by atoms with E-state index in [0.29, 0.717) is 6.61 Å². The molecule has 0 radical (unpaired) electrons. The number of methoxy groups -OCH3 is 1. The van der Waals surface area contributed by atoms with Gasteiger partial charge in [0.15, 0.2) is 0 Å². The number of benzene rings is 1. The van der Waals surface area contributed by atoms with Crippen LogP contribution in [-0.2, 0) is 4.74 Å². The van der Waals surface area contributed by atoms with Gasteiger partial charge in [-0.15, -0.1) is 0 Å². The molecular weight excluding hydrogens is 240 g/mol. The van der Waals surface area contributed by atoms with Crippen molar-refractivity contribution >= 4 is 5.69 Å². The van der Waals surface area contributed by atoms with Crippen molar-refractivity contribution < 1.29 is 9.47 Å². The number of hydrogen-bond acceptors (Lipinski definition) is 4. The number of para-hydroxylation sites is 2. The second-order valence-corrected chi connectivity index (χ2v) is 4.72. The van der Waals surface area contributed by atoms with Gasteiger partial charge in [0.25, 0.3) is 0 Å². The van der Waals surface area contributed by atoms with Crippen LogP contribution >= 0.6 is 0 Å². The second-order valence-electron chi connectivity index (χ2n) is 4.72. The van der Waals surface area contributed by atoms with Crippen molar-refractivity contribution in [2.45, 2.75) is 6.92 Å². The predicted molar refractivity (Wildman–Crippen MR) is 78.1 cm³/mol. The maximum absolute atomic E-state index is 5.71. The number of anilines is 1.